The SMILES string of the molecule is COC(=O)C(c1ccc(OC)c(OC)c1)c1cnccc1C#N. The van der Waals surface area contributed by atoms with E-state index in [9.17, 15) is 10.1 Å². The number of carbonyl (C=O) groups excluding carboxylic acids is 1. The summed E-state index contributed by atoms with van der Waals surface area (Å²) in [6, 6.07) is 8.76. The average Bonchev–Trinajstić information content (AvgIpc) is 2.61. The van der Waals surface area contributed by atoms with Crippen molar-refractivity contribution in [3.63, 3.8) is 0 Å². The molecule has 0 spiro atoms. The highest BCUT2D eigenvalue weighted by Gasteiger charge is 2.27. The van der Waals surface area contributed by atoms with Gasteiger partial charge in [-0.3, -0.25) is 9.78 Å². The van der Waals surface area contributed by atoms with Gasteiger partial charge in [-0.15, -0.1) is 0 Å². The molecule has 2 rings (SSSR count). The summed E-state index contributed by atoms with van der Waals surface area (Å²) >= 11 is 0. The van der Waals surface area contributed by atoms with Gasteiger partial charge in [0.05, 0.1) is 33.0 Å². The molecular weight excluding hydrogens is 296 g/mol. The maximum atomic E-state index is 12.3. The first-order chi connectivity index (χ1) is 11.2. The lowest BCUT2D eigenvalue weighted by molar-refractivity contribution is -0.141. The molecule has 1 atom stereocenters. The van der Waals surface area contributed by atoms with Crippen LogP contribution in [-0.2, 0) is 9.53 Å². The van der Waals surface area contributed by atoms with E-state index < -0.39 is 11.9 Å². The lowest BCUT2D eigenvalue weighted by atomic mass is 9.89. The summed E-state index contributed by atoms with van der Waals surface area (Å²) in [6.07, 6.45) is 3.00. The summed E-state index contributed by atoms with van der Waals surface area (Å²) in [7, 11) is 4.35. The Bertz CT molecular complexity index is 752. The Morgan fingerprint density at radius 2 is 1.91 bits per heavy atom. The molecule has 6 heteroatoms. The van der Waals surface area contributed by atoms with Crippen molar-refractivity contribution in [3.05, 3.63) is 53.3 Å². The molecular formula is C17H16N2O4. The zero-order chi connectivity index (χ0) is 16.8. The van der Waals surface area contributed by atoms with E-state index in [0.29, 0.717) is 28.2 Å². The van der Waals surface area contributed by atoms with Crippen LogP contribution >= 0.6 is 0 Å². The maximum absolute atomic E-state index is 12.3. The molecule has 0 amide bonds. The summed E-state index contributed by atoms with van der Waals surface area (Å²) in [5.41, 5.74) is 1.47. The quantitative estimate of drug-likeness (QED) is 0.788. The number of nitriles is 1. The van der Waals surface area contributed by atoms with Gasteiger partial charge in [0.25, 0.3) is 0 Å². The predicted molar refractivity (Wildman–Crippen MR) is 82.4 cm³/mol. The number of pyridine rings is 1. The predicted octanol–water partition coefficient (Wildman–Crippen LogP) is 2.28. The maximum Gasteiger partial charge on any atom is 0.317 e. The van der Waals surface area contributed by atoms with E-state index in [1.54, 1.807) is 24.3 Å². The fraction of sp³-hybridized carbons (Fsp3) is 0.235. The third-order valence-corrected chi connectivity index (χ3v) is 3.46. The number of hydrogen-bond donors (Lipinski definition) is 0. The molecule has 2 aromatic rings. The van der Waals surface area contributed by atoms with Gasteiger partial charge in [-0.1, -0.05) is 6.07 Å². The summed E-state index contributed by atoms with van der Waals surface area (Å²) in [5, 5.41) is 9.28. The number of benzene rings is 1. The molecule has 0 N–H and O–H groups in total. The number of hydrogen-bond acceptors (Lipinski definition) is 6. The largest absolute Gasteiger partial charge is 0.493 e. The molecule has 1 heterocycles. The number of nitrogens with zero attached hydrogens (tertiary/aromatic N) is 2. The van der Waals surface area contributed by atoms with Crippen LogP contribution in [0.2, 0.25) is 0 Å². The molecule has 118 valence electrons. The van der Waals surface area contributed by atoms with E-state index in [0.717, 1.165) is 0 Å². The fourth-order valence-electron chi connectivity index (χ4n) is 2.33. The molecule has 0 saturated heterocycles. The van der Waals surface area contributed by atoms with Gasteiger partial charge in [0.1, 0.15) is 5.92 Å². The summed E-state index contributed by atoms with van der Waals surface area (Å²) in [6.45, 7) is 0. The van der Waals surface area contributed by atoms with Gasteiger partial charge in [-0.25, -0.2) is 0 Å². The molecule has 23 heavy (non-hydrogen) atoms. The van der Waals surface area contributed by atoms with Crippen LogP contribution in [0.4, 0.5) is 0 Å². The van der Waals surface area contributed by atoms with Crippen LogP contribution in [0.3, 0.4) is 0 Å². The lowest BCUT2D eigenvalue weighted by Gasteiger charge is -2.18. The molecule has 0 aliphatic heterocycles. The van der Waals surface area contributed by atoms with E-state index in [2.05, 4.69) is 11.1 Å². The highest BCUT2D eigenvalue weighted by Crippen LogP contribution is 2.34. The lowest BCUT2D eigenvalue weighted by Crippen LogP contribution is -2.17. The minimum absolute atomic E-state index is 0.366. The van der Waals surface area contributed by atoms with Crippen LogP contribution in [-0.4, -0.2) is 32.3 Å². The Morgan fingerprint density at radius 1 is 1.17 bits per heavy atom. The first-order valence-electron chi connectivity index (χ1n) is 6.80. The minimum atomic E-state index is -0.775. The molecule has 0 bridgehead atoms. The van der Waals surface area contributed by atoms with E-state index in [1.807, 2.05) is 0 Å². The van der Waals surface area contributed by atoms with Gasteiger partial charge in [0.15, 0.2) is 11.5 Å². The van der Waals surface area contributed by atoms with Gasteiger partial charge < -0.3 is 14.2 Å². The summed E-state index contributed by atoms with van der Waals surface area (Å²) in [4.78, 5) is 16.3. The number of ether oxygens (including phenoxy) is 3. The second-order valence-corrected chi connectivity index (χ2v) is 4.65. The topological polar surface area (TPSA) is 81.4 Å². The van der Waals surface area contributed by atoms with Crippen LogP contribution in [0.1, 0.15) is 22.6 Å². The van der Waals surface area contributed by atoms with Crippen molar-refractivity contribution in [3.8, 4) is 17.6 Å². The molecule has 0 aliphatic rings. The highest BCUT2D eigenvalue weighted by molar-refractivity contribution is 5.83. The third kappa shape index (κ3) is 3.24. The first kappa shape index (κ1) is 16.3. The zero-order valence-corrected chi connectivity index (χ0v) is 13.1. The summed E-state index contributed by atoms with van der Waals surface area (Å²) in [5.74, 6) is -0.224. The number of aromatic nitrogens is 1. The zero-order valence-electron chi connectivity index (χ0n) is 13.1. The van der Waals surface area contributed by atoms with Crippen LogP contribution < -0.4 is 9.47 Å². The molecule has 1 aromatic heterocycles. The monoisotopic (exact) mass is 312 g/mol. The van der Waals surface area contributed by atoms with Crippen molar-refractivity contribution in [1.82, 2.24) is 4.98 Å². The van der Waals surface area contributed by atoms with E-state index in [1.165, 1.54) is 33.7 Å². The Balaban J connectivity index is 2.61. The molecule has 0 aliphatic carbocycles. The van der Waals surface area contributed by atoms with E-state index >= 15 is 0 Å². The van der Waals surface area contributed by atoms with Gasteiger partial charge in [0, 0.05) is 18.0 Å². The van der Waals surface area contributed by atoms with Crippen molar-refractivity contribution in [1.29, 1.82) is 5.26 Å². The van der Waals surface area contributed by atoms with E-state index in [4.69, 9.17) is 14.2 Å². The molecule has 1 unspecified atom stereocenters. The summed E-state index contributed by atoms with van der Waals surface area (Å²) < 4.78 is 15.4. The molecule has 0 saturated carbocycles. The first-order valence-corrected chi connectivity index (χ1v) is 6.80. The van der Waals surface area contributed by atoms with Gasteiger partial charge in [-0.2, -0.15) is 5.26 Å². The Kier molecular flexibility index (Phi) is 5.15. The average molecular weight is 312 g/mol. The van der Waals surface area contributed by atoms with Crippen molar-refractivity contribution >= 4 is 5.97 Å². The Labute approximate surface area is 134 Å². The van der Waals surface area contributed by atoms with Gasteiger partial charge in [0.2, 0.25) is 0 Å². The van der Waals surface area contributed by atoms with Crippen LogP contribution in [0.15, 0.2) is 36.7 Å². The van der Waals surface area contributed by atoms with Gasteiger partial charge in [-0.05, 0) is 23.8 Å². The van der Waals surface area contributed by atoms with E-state index in [-0.39, 0.29) is 0 Å². The van der Waals surface area contributed by atoms with Crippen molar-refractivity contribution in [2.24, 2.45) is 0 Å². The number of rotatable bonds is 5. The van der Waals surface area contributed by atoms with Crippen molar-refractivity contribution in [2.75, 3.05) is 21.3 Å². The molecule has 0 radical (unpaired) electrons. The number of methoxy groups -OCH3 is 3. The normalized spacial score (nSPS) is 11.2. The molecule has 0 fully saturated rings. The molecule has 1 aromatic carbocycles. The Morgan fingerprint density at radius 3 is 2.52 bits per heavy atom. The third-order valence-electron chi connectivity index (χ3n) is 3.46. The fourth-order valence-corrected chi connectivity index (χ4v) is 2.33. The minimum Gasteiger partial charge on any atom is -0.493 e. The van der Waals surface area contributed by atoms with Crippen molar-refractivity contribution in [2.45, 2.75) is 5.92 Å². The molecule has 6 nitrogen and oxygen atoms in total. The van der Waals surface area contributed by atoms with Crippen LogP contribution in [0.5, 0.6) is 11.5 Å². The number of esters is 1. The Hall–Kier alpha value is -3.07. The van der Waals surface area contributed by atoms with Crippen LogP contribution in [0, 0.1) is 11.3 Å². The standard InChI is InChI=1S/C17H16N2O4/c1-21-14-5-4-11(8-15(14)22-2)16(17(20)23-3)13-10-19-7-6-12(13)9-18/h4-8,10,16H,1-3H3. The van der Waals surface area contributed by atoms with Crippen LogP contribution in [0.25, 0.3) is 0 Å². The van der Waals surface area contributed by atoms with Crippen molar-refractivity contribution < 1.29 is 19.0 Å². The number of carbonyl (C=O) groups is 1. The second-order valence-electron chi connectivity index (χ2n) is 4.65. The second kappa shape index (κ2) is 7.27. The smallest absolute Gasteiger partial charge is 0.317 e. The van der Waals surface area contributed by atoms with Gasteiger partial charge >= 0.3 is 5.97 Å². The highest BCUT2D eigenvalue weighted by atomic mass is 16.5.